The van der Waals surface area contributed by atoms with Crippen molar-refractivity contribution in [2.24, 2.45) is 0 Å². The van der Waals surface area contributed by atoms with Gasteiger partial charge in [0.1, 0.15) is 11.4 Å². The van der Waals surface area contributed by atoms with Crippen LogP contribution in [-0.4, -0.2) is 15.9 Å². The van der Waals surface area contributed by atoms with Gasteiger partial charge in [0, 0.05) is 18.1 Å². The van der Waals surface area contributed by atoms with Gasteiger partial charge >= 0.3 is 0 Å². The van der Waals surface area contributed by atoms with E-state index in [1.807, 2.05) is 23.7 Å². The molecular formula is C16H19N3OS. The van der Waals surface area contributed by atoms with Gasteiger partial charge in [-0.05, 0) is 30.7 Å². The summed E-state index contributed by atoms with van der Waals surface area (Å²) in [5.41, 5.74) is 2.37. The number of rotatable bonds is 6. The largest absolute Gasteiger partial charge is 0.437 e. The molecule has 21 heavy (non-hydrogen) atoms. The molecule has 0 atom stereocenters. The highest BCUT2D eigenvalue weighted by molar-refractivity contribution is 7.15. The Balaban J connectivity index is 1.89. The normalized spacial score (nSPS) is 11.1. The number of aryl methyl sites for hydroxylation is 1. The summed E-state index contributed by atoms with van der Waals surface area (Å²) < 4.78 is 8.07. The third-order valence-corrected chi connectivity index (χ3v) is 4.17. The SMILES string of the molecule is CCNCc1c(Oc2ccc(CC)cc2)nc2sccn12. The molecule has 110 valence electrons. The van der Waals surface area contributed by atoms with Crippen LogP contribution in [0.5, 0.6) is 11.6 Å². The van der Waals surface area contributed by atoms with Gasteiger partial charge in [-0.15, -0.1) is 11.3 Å². The van der Waals surface area contributed by atoms with E-state index in [9.17, 15) is 0 Å². The number of nitrogens with one attached hydrogen (secondary N) is 1. The van der Waals surface area contributed by atoms with E-state index >= 15 is 0 Å². The number of hydrogen-bond acceptors (Lipinski definition) is 4. The Kier molecular flexibility index (Phi) is 4.22. The zero-order valence-electron chi connectivity index (χ0n) is 12.3. The van der Waals surface area contributed by atoms with Crippen LogP contribution in [0.4, 0.5) is 0 Å². The van der Waals surface area contributed by atoms with E-state index in [0.29, 0.717) is 5.88 Å². The lowest BCUT2D eigenvalue weighted by atomic mass is 10.2. The predicted octanol–water partition coefficient (Wildman–Crippen LogP) is 3.86. The van der Waals surface area contributed by atoms with Crippen molar-refractivity contribution in [1.29, 1.82) is 0 Å². The summed E-state index contributed by atoms with van der Waals surface area (Å²) in [4.78, 5) is 5.54. The van der Waals surface area contributed by atoms with Gasteiger partial charge in [-0.25, -0.2) is 0 Å². The molecule has 0 unspecified atom stereocenters. The number of benzene rings is 1. The molecule has 0 aliphatic carbocycles. The minimum absolute atomic E-state index is 0.687. The molecule has 0 bridgehead atoms. The topological polar surface area (TPSA) is 38.6 Å². The van der Waals surface area contributed by atoms with Crippen molar-refractivity contribution < 1.29 is 4.74 Å². The Hall–Kier alpha value is -1.85. The van der Waals surface area contributed by atoms with E-state index in [-0.39, 0.29) is 0 Å². The van der Waals surface area contributed by atoms with Crippen molar-refractivity contribution in [1.82, 2.24) is 14.7 Å². The molecule has 3 aromatic rings. The summed E-state index contributed by atoms with van der Waals surface area (Å²) in [6.07, 6.45) is 3.07. The minimum Gasteiger partial charge on any atom is -0.437 e. The summed E-state index contributed by atoms with van der Waals surface area (Å²) >= 11 is 1.62. The molecule has 0 amide bonds. The van der Waals surface area contributed by atoms with Crippen LogP contribution in [0.3, 0.4) is 0 Å². The maximum Gasteiger partial charge on any atom is 0.243 e. The fourth-order valence-corrected chi connectivity index (χ4v) is 2.93. The second kappa shape index (κ2) is 6.28. The van der Waals surface area contributed by atoms with Crippen LogP contribution in [-0.2, 0) is 13.0 Å². The lowest BCUT2D eigenvalue weighted by Gasteiger charge is -2.07. The van der Waals surface area contributed by atoms with E-state index < -0.39 is 0 Å². The first kappa shape index (κ1) is 14.1. The summed E-state index contributed by atoms with van der Waals surface area (Å²) in [5.74, 6) is 1.52. The highest BCUT2D eigenvalue weighted by Gasteiger charge is 2.14. The Morgan fingerprint density at radius 2 is 2.05 bits per heavy atom. The van der Waals surface area contributed by atoms with Crippen molar-refractivity contribution in [3.05, 3.63) is 47.1 Å². The Morgan fingerprint density at radius 3 is 2.76 bits per heavy atom. The van der Waals surface area contributed by atoms with Crippen molar-refractivity contribution in [3.8, 4) is 11.6 Å². The molecule has 1 aromatic carbocycles. The molecule has 0 spiro atoms. The van der Waals surface area contributed by atoms with Crippen molar-refractivity contribution >= 4 is 16.3 Å². The molecule has 0 aliphatic heterocycles. The Bertz CT molecular complexity index is 715. The molecule has 0 fully saturated rings. The summed E-state index contributed by atoms with van der Waals surface area (Å²) in [5, 5.41) is 5.38. The van der Waals surface area contributed by atoms with Crippen LogP contribution in [0.1, 0.15) is 25.1 Å². The summed E-state index contributed by atoms with van der Waals surface area (Å²) in [6.45, 7) is 5.91. The van der Waals surface area contributed by atoms with Gasteiger partial charge < -0.3 is 10.1 Å². The predicted molar refractivity (Wildman–Crippen MR) is 86.3 cm³/mol. The van der Waals surface area contributed by atoms with Gasteiger partial charge in [0.2, 0.25) is 5.88 Å². The highest BCUT2D eigenvalue weighted by Crippen LogP contribution is 2.28. The third kappa shape index (κ3) is 2.94. The molecule has 0 radical (unpaired) electrons. The first-order valence-corrected chi connectivity index (χ1v) is 8.11. The average Bonchev–Trinajstić information content (AvgIpc) is 3.07. The van der Waals surface area contributed by atoms with Crippen LogP contribution < -0.4 is 10.1 Å². The fourth-order valence-electron chi connectivity index (χ4n) is 2.20. The standard InChI is InChI=1S/C16H19N3OS/c1-3-12-5-7-13(8-6-12)20-15-14(11-17-4-2)19-9-10-21-16(19)18-15/h5-10,17H,3-4,11H2,1-2H3. The van der Waals surface area contributed by atoms with Gasteiger partial charge in [0.05, 0.1) is 0 Å². The summed E-state index contributed by atoms with van der Waals surface area (Å²) in [7, 11) is 0. The first-order valence-electron chi connectivity index (χ1n) is 7.23. The molecule has 0 saturated heterocycles. The number of aromatic nitrogens is 2. The van der Waals surface area contributed by atoms with Gasteiger partial charge in [-0.2, -0.15) is 4.98 Å². The number of fused-ring (bicyclic) bond motifs is 1. The van der Waals surface area contributed by atoms with Crippen LogP contribution in [0, 0.1) is 0 Å². The Morgan fingerprint density at radius 1 is 1.24 bits per heavy atom. The minimum atomic E-state index is 0.687. The van der Waals surface area contributed by atoms with Crippen LogP contribution in [0.2, 0.25) is 0 Å². The number of nitrogens with zero attached hydrogens (tertiary/aromatic N) is 2. The van der Waals surface area contributed by atoms with Crippen molar-refractivity contribution in [2.45, 2.75) is 26.8 Å². The molecule has 4 nitrogen and oxygen atoms in total. The van der Waals surface area contributed by atoms with Crippen molar-refractivity contribution in [3.63, 3.8) is 0 Å². The van der Waals surface area contributed by atoms with Gasteiger partial charge in [-0.1, -0.05) is 26.0 Å². The van der Waals surface area contributed by atoms with E-state index in [2.05, 4.69) is 40.7 Å². The molecule has 0 saturated carbocycles. The Labute approximate surface area is 128 Å². The van der Waals surface area contributed by atoms with E-state index in [0.717, 1.165) is 35.9 Å². The smallest absolute Gasteiger partial charge is 0.243 e. The molecule has 3 rings (SSSR count). The van der Waals surface area contributed by atoms with E-state index in [1.54, 1.807) is 11.3 Å². The maximum atomic E-state index is 5.98. The highest BCUT2D eigenvalue weighted by atomic mass is 32.1. The first-order chi connectivity index (χ1) is 10.3. The summed E-state index contributed by atoms with van der Waals surface area (Å²) in [6, 6.07) is 8.20. The van der Waals surface area contributed by atoms with Gasteiger partial charge in [0.25, 0.3) is 0 Å². The van der Waals surface area contributed by atoms with Crippen LogP contribution in [0.15, 0.2) is 35.8 Å². The molecular weight excluding hydrogens is 282 g/mol. The monoisotopic (exact) mass is 301 g/mol. The van der Waals surface area contributed by atoms with Crippen LogP contribution >= 0.6 is 11.3 Å². The van der Waals surface area contributed by atoms with Crippen molar-refractivity contribution in [2.75, 3.05) is 6.54 Å². The number of ether oxygens (including phenoxy) is 1. The van der Waals surface area contributed by atoms with Gasteiger partial charge in [0.15, 0.2) is 4.96 Å². The van der Waals surface area contributed by atoms with E-state index in [1.165, 1.54) is 5.56 Å². The third-order valence-electron chi connectivity index (χ3n) is 3.41. The molecule has 0 aliphatic rings. The fraction of sp³-hybridized carbons (Fsp3) is 0.312. The molecule has 5 heteroatoms. The number of thiazole rings is 1. The number of hydrogen-bond donors (Lipinski definition) is 1. The molecule has 2 aromatic heterocycles. The van der Waals surface area contributed by atoms with Gasteiger partial charge in [-0.3, -0.25) is 4.40 Å². The molecule has 2 heterocycles. The maximum absolute atomic E-state index is 5.98. The zero-order valence-corrected chi connectivity index (χ0v) is 13.1. The van der Waals surface area contributed by atoms with Crippen LogP contribution in [0.25, 0.3) is 4.96 Å². The zero-order chi connectivity index (χ0) is 14.7. The quantitative estimate of drug-likeness (QED) is 0.751. The second-order valence-electron chi connectivity index (χ2n) is 4.80. The average molecular weight is 301 g/mol. The lowest BCUT2D eigenvalue weighted by molar-refractivity contribution is 0.456. The lowest BCUT2D eigenvalue weighted by Crippen LogP contribution is -2.13. The second-order valence-corrected chi connectivity index (χ2v) is 5.67. The number of imidazole rings is 1. The van der Waals surface area contributed by atoms with E-state index in [4.69, 9.17) is 4.74 Å². The molecule has 1 N–H and O–H groups in total.